The zero-order valence-corrected chi connectivity index (χ0v) is 13.3. The number of carbonyl (C=O) groups is 1. The minimum Gasteiger partial charge on any atom is -0.491 e. The maximum Gasteiger partial charge on any atom is 0.319 e. The van der Waals surface area contributed by atoms with Gasteiger partial charge < -0.3 is 15.4 Å². The Kier molecular flexibility index (Phi) is 5.81. The number of nitrogens with zero attached hydrogens (tertiary/aromatic N) is 1. The molecule has 22 heavy (non-hydrogen) atoms. The van der Waals surface area contributed by atoms with Crippen molar-refractivity contribution in [2.24, 2.45) is 0 Å². The molecule has 0 heterocycles. The molecule has 112 valence electrons. The first-order valence-electron chi connectivity index (χ1n) is 6.61. The third-order valence-electron chi connectivity index (χ3n) is 2.73. The third-order valence-corrected chi connectivity index (χ3v) is 3.39. The highest BCUT2D eigenvalue weighted by atomic mass is 79.9. The van der Waals surface area contributed by atoms with Gasteiger partial charge in [0.15, 0.2) is 0 Å². The average Bonchev–Trinajstić information content (AvgIpc) is 2.53. The molecular formula is C16H14BrN3O2. The monoisotopic (exact) mass is 359 g/mol. The van der Waals surface area contributed by atoms with E-state index in [0.29, 0.717) is 24.4 Å². The van der Waals surface area contributed by atoms with Crippen molar-refractivity contribution in [3.63, 3.8) is 0 Å². The highest BCUT2D eigenvalue weighted by molar-refractivity contribution is 9.10. The molecule has 2 N–H and O–H groups in total. The molecule has 0 saturated heterocycles. The molecular weight excluding hydrogens is 346 g/mol. The van der Waals surface area contributed by atoms with Crippen LogP contribution in [0, 0.1) is 11.3 Å². The van der Waals surface area contributed by atoms with Crippen molar-refractivity contribution >= 4 is 27.6 Å². The highest BCUT2D eigenvalue weighted by Gasteiger charge is 2.03. The number of para-hydroxylation sites is 1. The smallest absolute Gasteiger partial charge is 0.319 e. The van der Waals surface area contributed by atoms with Crippen LogP contribution in [0.15, 0.2) is 53.0 Å². The fourth-order valence-corrected chi connectivity index (χ4v) is 2.13. The summed E-state index contributed by atoms with van der Waals surface area (Å²) in [5, 5.41) is 14.1. The van der Waals surface area contributed by atoms with Gasteiger partial charge in [-0.3, -0.25) is 0 Å². The van der Waals surface area contributed by atoms with Crippen LogP contribution in [0.1, 0.15) is 5.56 Å². The largest absolute Gasteiger partial charge is 0.491 e. The number of nitriles is 1. The minimum atomic E-state index is -0.342. The van der Waals surface area contributed by atoms with Crippen LogP contribution in [0.5, 0.6) is 5.75 Å². The number of hydrogen-bond donors (Lipinski definition) is 2. The Morgan fingerprint density at radius 2 is 2.05 bits per heavy atom. The SMILES string of the molecule is N#Cc1cccc(NC(=O)NCCOc2ccccc2Br)c1. The molecule has 2 aromatic carbocycles. The molecule has 0 fully saturated rings. The van der Waals surface area contributed by atoms with Crippen molar-refractivity contribution in [3.05, 3.63) is 58.6 Å². The summed E-state index contributed by atoms with van der Waals surface area (Å²) in [6, 6.07) is 15.9. The second kappa shape index (κ2) is 8.05. The summed E-state index contributed by atoms with van der Waals surface area (Å²) in [5.74, 6) is 0.728. The Morgan fingerprint density at radius 3 is 2.82 bits per heavy atom. The van der Waals surface area contributed by atoms with Crippen LogP contribution in [-0.2, 0) is 0 Å². The Morgan fingerprint density at radius 1 is 1.23 bits per heavy atom. The number of rotatable bonds is 5. The van der Waals surface area contributed by atoms with E-state index in [1.54, 1.807) is 24.3 Å². The minimum absolute atomic E-state index is 0.342. The number of urea groups is 1. The lowest BCUT2D eigenvalue weighted by Gasteiger charge is -2.10. The summed E-state index contributed by atoms with van der Waals surface area (Å²) in [6.45, 7) is 0.722. The van der Waals surface area contributed by atoms with Crippen LogP contribution in [0.4, 0.5) is 10.5 Å². The number of halogens is 1. The summed E-state index contributed by atoms with van der Waals surface area (Å²) in [7, 11) is 0. The first-order chi connectivity index (χ1) is 10.7. The van der Waals surface area contributed by atoms with Gasteiger partial charge in [-0.15, -0.1) is 0 Å². The van der Waals surface area contributed by atoms with Crippen LogP contribution in [0.2, 0.25) is 0 Å². The molecule has 0 aliphatic carbocycles. The lowest BCUT2D eigenvalue weighted by molar-refractivity contribution is 0.247. The van der Waals surface area contributed by atoms with E-state index in [-0.39, 0.29) is 6.03 Å². The Balaban J connectivity index is 1.74. The van der Waals surface area contributed by atoms with Gasteiger partial charge in [0.1, 0.15) is 12.4 Å². The van der Waals surface area contributed by atoms with E-state index in [4.69, 9.17) is 10.00 Å². The summed E-state index contributed by atoms with van der Waals surface area (Å²) < 4.78 is 6.41. The molecule has 0 spiro atoms. The highest BCUT2D eigenvalue weighted by Crippen LogP contribution is 2.23. The van der Waals surface area contributed by atoms with Gasteiger partial charge in [0, 0.05) is 5.69 Å². The quantitative estimate of drug-likeness (QED) is 0.802. The number of carbonyl (C=O) groups excluding carboxylic acids is 1. The topological polar surface area (TPSA) is 74.2 Å². The molecule has 0 aliphatic heterocycles. The van der Waals surface area contributed by atoms with E-state index in [1.165, 1.54) is 0 Å². The van der Waals surface area contributed by atoms with Crippen LogP contribution in [-0.4, -0.2) is 19.2 Å². The molecule has 5 nitrogen and oxygen atoms in total. The molecule has 0 unspecified atom stereocenters. The number of anilines is 1. The van der Waals surface area contributed by atoms with E-state index >= 15 is 0 Å². The molecule has 2 aromatic rings. The molecule has 2 rings (SSSR count). The van der Waals surface area contributed by atoms with Crippen LogP contribution < -0.4 is 15.4 Å². The summed E-state index contributed by atoms with van der Waals surface area (Å²) >= 11 is 3.38. The van der Waals surface area contributed by atoms with E-state index in [0.717, 1.165) is 10.2 Å². The summed E-state index contributed by atoms with van der Waals surface area (Å²) in [5.41, 5.74) is 1.07. The van der Waals surface area contributed by atoms with Gasteiger partial charge in [0.05, 0.1) is 22.7 Å². The zero-order valence-electron chi connectivity index (χ0n) is 11.7. The molecule has 0 aromatic heterocycles. The molecule has 0 atom stereocenters. The molecule has 0 aliphatic rings. The normalized spacial score (nSPS) is 9.64. The first kappa shape index (κ1) is 15.9. The maximum absolute atomic E-state index is 11.7. The lowest BCUT2D eigenvalue weighted by atomic mass is 10.2. The van der Waals surface area contributed by atoms with E-state index < -0.39 is 0 Å². The standard InChI is InChI=1S/C16H14BrN3O2/c17-14-6-1-2-7-15(14)22-9-8-19-16(21)20-13-5-3-4-12(10-13)11-18/h1-7,10H,8-9H2,(H2,19,20,21). The third kappa shape index (κ3) is 4.79. The van der Waals surface area contributed by atoms with E-state index in [2.05, 4.69) is 26.6 Å². The van der Waals surface area contributed by atoms with Crippen molar-refractivity contribution in [2.75, 3.05) is 18.5 Å². The van der Waals surface area contributed by atoms with Crippen molar-refractivity contribution in [3.8, 4) is 11.8 Å². The number of benzene rings is 2. The fourth-order valence-electron chi connectivity index (χ4n) is 1.73. The van der Waals surface area contributed by atoms with E-state index in [9.17, 15) is 4.79 Å². The van der Waals surface area contributed by atoms with Gasteiger partial charge in [-0.2, -0.15) is 5.26 Å². The number of hydrogen-bond acceptors (Lipinski definition) is 3. The lowest BCUT2D eigenvalue weighted by Crippen LogP contribution is -2.32. The predicted octanol–water partition coefficient (Wildman–Crippen LogP) is 3.52. The summed E-state index contributed by atoms with van der Waals surface area (Å²) in [4.78, 5) is 11.7. The second-order valence-corrected chi connectivity index (χ2v) is 5.21. The first-order valence-corrected chi connectivity index (χ1v) is 7.40. The molecule has 6 heteroatoms. The van der Waals surface area contributed by atoms with E-state index in [1.807, 2.05) is 30.3 Å². The molecule has 0 radical (unpaired) electrons. The Hall–Kier alpha value is -2.52. The van der Waals surface area contributed by atoms with Gasteiger partial charge in [0.2, 0.25) is 0 Å². The Labute approximate surface area is 137 Å². The number of ether oxygens (including phenoxy) is 1. The maximum atomic E-state index is 11.7. The van der Waals surface area contributed by atoms with Crippen molar-refractivity contribution in [1.82, 2.24) is 5.32 Å². The molecule has 0 bridgehead atoms. The van der Waals surface area contributed by atoms with Crippen LogP contribution in [0.3, 0.4) is 0 Å². The predicted molar refractivity (Wildman–Crippen MR) is 87.8 cm³/mol. The molecule has 2 amide bonds. The summed E-state index contributed by atoms with van der Waals surface area (Å²) in [6.07, 6.45) is 0. The van der Waals surface area contributed by atoms with Crippen LogP contribution >= 0.6 is 15.9 Å². The second-order valence-electron chi connectivity index (χ2n) is 4.35. The molecule has 0 saturated carbocycles. The Bertz CT molecular complexity index is 698. The van der Waals surface area contributed by atoms with Crippen LogP contribution in [0.25, 0.3) is 0 Å². The van der Waals surface area contributed by atoms with Crippen molar-refractivity contribution in [1.29, 1.82) is 5.26 Å². The fraction of sp³-hybridized carbons (Fsp3) is 0.125. The number of amides is 2. The van der Waals surface area contributed by atoms with Gasteiger partial charge in [0.25, 0.3) is 0 Å². The van der Waals surface area contributed by atoms with Crippen molar-refractivity contribution in [2.45, 2.75) is 0 Å². The number of nitrogens with one attached hydrogen (secondary N) is 2. The van der Waals surface area contributed by atoms with Gasteiger partial charge in [-0.25, -0.2) is 4.79 Å². The van der Waals surface area contributed by atoms with Gasteiger partial charge >= 0.3 is 6.03 Å². The van der Waals surface area contributed by atoms with Gasteiger partial charge in [-0.05, 0) is 46.3 Å². The van der Waals surface area contributed by atoms with Crippen molar-refractivity contribution < 1.29 is 9.53 Å². The van der Waals surface area contributed by atoms with Gasteiger partial charge in [-0.1, -0.05) is 18.2 Å². The zero-order chi connectivity index (χ0) is 15.8. The average molecular weight is 360 g/mol.